The summed E-state index contributed by atoms with van der Waals surface area (Å²) >= 11 is 4.29. The molecule has 0 saturated heterocycles. The maximum absolute atomic E-state index is 12.8. The lowest BCUT2D eigenvalue weighted by Crippen LogP contribution is -2.40. The zero-order chi connectivity index (χ0) is 17.5. The van der Waals surface area contributed by atoms with Gasteiger partial charge in [0.2, 0.25) is 5.91 Å². The summed E-state index contributed by atoms with van der Waals surface area (Å²) in [6, 6.07) is 17.5. The van der Waals surface area contributed by atoms with Gasteiger partial charge in [0, 0.05) is 12.8 Å². The monoisotopic (exact) mass is 343 g/mol. The van der Waals surface area contributed by atoms with Gasteiger partial charge in [-0.1, -0.05) is 60.7 Å². The van der Waals surface area contributed by atoms with Gasteiger partial charge >= 0.3 is 5.97 Å². The molecule has 1 unspecified atom stereocenters. The van der Waals surface area contributed by atoms with Gasteiger partial charge in [-0.15, -0.1) is 0 Å². The predicted octanol–water partition coefficient (Wildman–Crippen LogP) is 3.06. The van der Waals surface area contributed by atoms with Crippen molar-refractivity contribution in [2.24, 2.45) is 5.92 Å². The summed E-state index contributed by atoms with van der Waals surface area (Å²) in [6.07, 6.45) is 0.536. The Morgan fingerprint density at radius 3 is 2.08 bits per heavy atom. The molecule has 2 rings (SSSR count). The SMILES string of the molecule is CN(C(=O)C(CS)Cc1ccccc1)[C@H](C(=O)O)c1ccccc1. The molecule has 2 aromatic rings. The first-order valence-corrected chi connectivity index (χ1v) is 8.37. The average Bonchev–Trinajstić information content (AvgIpc) is 2.60. The van der Waals surface area contributed by atoms with Crippen molar-refractivity contribution in [3.05, 3.63) is 71.8 Å². The molecular weight excluding hydrogens is 322 g/mol. The van der Waals surface area contributed by atoms with Crippen LogP contribution in [-0.2, 0) is 16.0 Å². The van der Waals surface area contributed by atoms with E-state index in [1.54, 1.807) is 24.3 Å². The smallest absolute Gasteiger partial charge is 0.331 e. The first-order valence-electron chi connectivity index (χ1n) is 7.73. The molecule has 0 radical (unpaired) electrons. The number of carboxylic acids is 1. The highest BCUT2D eigenvalue weighted by Gasteiger charge is 2.31. The molecule has 4 nitrogen and oxygen atoms in total. The number of carboxylic acid groups (broad SMARTS) is 1. The molecule has 2 aromatic carbocycles. The Kier molecular flexibility index (Phi) is 6.44. The highest BCUT2D eigenvalue weighted by molar-refractivity contribution is 7.80. The van der Waals surface area contributed by atoms with Crippen molar-refractivity contribution in [2.45, 2.75) is 12.5 Å². The van der Waals surface area contributed by atoms with Crippen molar-refractivity contribution >= 4 is 24.5 Å². The van der Waals surface area contributed by atoms with Crippen LogP contribution in [0.5, 0.6) is 0 Å². The first-order chi connectivity index (χ1) is 11.5. The number of hydrogen-bond acceptors (Lipinski definition) is 3. The quantitative estimate of drug-likeness (QED) is 0.760. The third-order valence-electron chi connectivity index (χ3n) is 3.98. The van der Waals surface area contributed by atoms with Crippen LogP contribution in [0.2, 0.25) is 0 Å². The molecule has 1 amide bonds. The lowest BCUT2D eigenvalue weighted by atomic mass is 9.98. The Morgan fingerprint density at radius 1 is 1.04 bits per heavy atom. The zero-order valence-electron chi connectivity index (χ0n) is 13.5. The van der Waals surface area contributed by atoms with Crippen LogP contribution in [0.25, 0.3) is 0 Å². The summed E-state index contributed by atoms with van der Waals surface area (Å²) in [4.78, 5) is 25.8. The van der Waals surface area contributed by atoms with Crippen molar-refractivity contribution in [1.82, 2.24) is 4.90 Å². The Labute approximate surface area is 147 Å². The van der Waals surface area contributed by atoms with Crippen LogP contribution in [0.3, 0.4) is 0 Å². The fourth-order valence-corrected chi connectivity index (χ4v) is 3.00. The van der Waals surface area contributed by atoms with Crippen molar-refractivity contribution in [1.29, 1.82) is 0 Å². The van der Waals surface area contributed by atoms with E-state index in [1.165, 1.54) is 11.9 Å². The number of amides is 1. The fourth-order valence-electron chi connectivity index (χ4n) is 2.71. The fraction of sp³-hybridized carbons (Fsp3) is 0.263. The summed E-state index contributed by atoms with van der Waals surface area (Å²) in [5, 5.41) is 9.58. The lowest BCUT2D eigenvalue weighted by Gasteiger charge is -2.28. The second-order valence-corrected chi connectivity index (χ2v) is 6.03. The van der Waals surface area contributed by atoms with Gasteiger partial charge in [-0.05, 0) is 17.5 Å². The molecule has 0 aliphatic rings. The van der Waals surface area contributed by atoms with Crippen molar-refractivity contribution in [3.8, 4) is 0 Å². The minimum Gasteiger partial charge on any atom is -0.479 e. The van der Waals surface area contributed by atoms with E-state index in [1.807, 2.05) is 36.4 Å². The number of benzene rings is 2. The van der Waals surface area contributed by atoms with Gasteiger partial charge in [0.1, 0.15) is 0 Å². The second-order valence-electron chi connectivity index (χ2n) is 5.67. The van der Waals surface area contributed by atoms with Gasteiger partial charge < -0.3 is 10.0 Å². The van der Waals surface area contributed by atoms with Crippen LogP contribution in [0, 0.1) is 5.92 Å². The van der Waals surface area contributed by atoms with Gasteiger partial charge in [0.15, 0.2) is 6.04 Å². The Morgan fingerprint density at radius 2 is 1.58 bits per heavy atom. The molecule has 24 heavy (non-hydrogen) atoms. The van der Waals surface area contributed by atoms with E-state index < -0.39 is 12.0 Å². The number of hydrogen-bond donors (Lipinski definition) is 2. The Bertz CT molecular complexity index is 676. The lowest BCUT2D eigenvalue weighted by molar-refractivity contribution is -0.150. The van der Waals surface area contributed by atoms with Crippen LogP contribution < -0.4 is 0 Å². The van der Waals surface area contributed by atoms with Crippen LogP contribution >= 0.6 is 12.6 Å². The van der Waals surface area contributed by atoms with E-state index in [9.17, 15) is 14.7 Å². The maximum atomic E-state index is 12.8. The summed E-state index contributed by atoms with van der Waals surface area (Å²) in [5.74, 6) is -1.27. The highest BCUT2D eigenvalue weighted by atomic mass is 32.1. The molecule has 0 aliphatic carbocycles. The summed E-state index contributed by atoms with van der Waals surface area (Å²) < 4.78 is 0. The van der Waals surface area contributed by atoms with Crippen molar-refractivity contribution in [2.75, 3.05) is 12.8 Å². The minimum atomic E-state index is -1.05. The molecule has 0 aliphatic heterocycles. The van der Waals surface area contributed by atoms with Gasteiger partial charge in [0.05, 0.1) is 5.92 Å². The van der Waals surface area contributed by atoms with Crippen LogP contribution in [-0.4, -0.2) is 34.7 Å². The predicted molar refractivity (Wildman–Crippen MR) is 97.1 cm³/mol. The number of carbonyl (C=O) groups is 2. The van der Waals surface area contributed by atoms with Gasteiger partial charge in [-0.2, -0.15) is 12.6 Å². The Balaban J connectivity index is 2.20. The molecule has 0 fully saturated rings. The molecule has 0 spiro atoms. The highest BCUT2D eigenvalue weighted by Crippen LogP contribution is 2.23. The van der Waals surface area contributed by atoms with Crippen LogP contribution in [0.15, 0.2) is 60.7 Å². The summed E-state index contributed by atoms with van der Waals surface area (Å²) in [5.41, 5.74) is 1.61. The van der Waals surface area contributed by atoms with E-state index in [0.29, 0.717) is 17.7 Å². The zero-order valence-corrected chi connectivity index (χ0v) is 14.4. The van der Waals surface area contributed by atoms with E-state index in [4.69, 9.17) is 0 Å². The maximum Gasteiger partial charge on any atom is 0.331 e. The number of likely N-dealkylation sites (N-methyl/N-ethyl adjacent to an activating group) is 1. The van der Waals surface area contributed by atoms with Gasteiger partial charge in [-0.3, -0.25) is 4.79 Å². The minimum absolute atomic E-state index is 0.217. The van der Waals surface area contributed by atoms with Crippen LogP contribution in [0.1, 0.15) is 17.2 Å². The molecule has 0 heterocycles. The largest absolute Gasteiger partial charge is 0.479 e. The van der Waals surface area contributed by atoms with Crippen molar-refractivity contribution < 1.29 is 14.7 Å². The van der Waals surface area contributed by atoms with Crippen LogP contribution in [0.4, 0.5) is 0 Å². The van der Waals surface area contributed by atoms with Gasteiger partial charge in [0.25, 0.3) is 0 Å². The molecule has 1 N–H and O–H groups in total. The van der Waals surface area contributed by atoms with Gasteiger partial charge in [-0.25, -0.2) is 4.79 Å². The molecule has 126 valence electrons. The van der Waals surface area contributed by atoms with Crippen molar-refractivity contribution in [3.63, 3.8) is 0 Å². The third kappa shape index (κ3) is 4.38. The second kappa shape index (κ2) is 8.55. The normalized spacial score (nSPS) is 13.1. The van der Waals surface area contributed by atoms with E-state index >= 15 is 0 Å². The molecular formula is C19H21NO3S. The van der Waals surface area contributed by atoms with E-state index in [-0.39, 0.29) is 11.8 Å². The topological polar surface area (TPSA) is 57.6 Å². The van der Waals surface area contributed by atoms with E-state index in [0.717, 1.165) is 5.56 Å². The average molecular weight is 343 g/mol. The molecule has 2 atom stereocenters. The molecule has 0 saturated carbocycles. The van der Waals surface area contributed by atoms with E-state index in [2.05, 4.69) is 12.6 Å². The molecule has 0 aromatic heterocycles. The number of aliphatic carboxylic acids is 1. The number of rotatable bonds is 7. The molecule has 0 bridgehead atoms. The number of thiol groups is 1. The number of nitrogens with zero attached hydrogens (tertiary/aromatic N) is 1. The first kappa shape index (κ1) is 18.1. The summed E-state index contributed by atoms with van der Waals surface area (Å²) in [6.45, 7) is 0. The summed E-state index contributed by atoms with van der Waals surface area (Å²) in [7, 11) is 1.54. The number of carbonyl (C=O) groups excluding carboxylic acids is 1. The Hall–Kier alpha value is -2.27. The standard InChI is InChI=1S/C19H21NO3S/c1-20(17(19(22)23)15-10-6-3-7-11-15)18(21)16(13-24)12-14-8-4-2-5-9-14/h2-11,16-17,24H,12-13H2,1H3,(H,22,23)/t16?,17-/m0/s1. The third-order valence-corrected chi connectivity index (χ3v) is 4.42. The molecule has 5 heteroatoms.